The quantitative estimate of drug-likeness (QED) is 0.874. The lowest BCUT2D eigenvalue weighted by atomic mass is 10.2. The van der Waals surface area contributed by atoms with Crippen molar-refractivity contribution >= 4 is 17.5 Å². The molecule has 1 heterocycles. The van der Waals surface area contributed by atoms with Crippen LogP contribution in [0.25, 0.3) is 11.5 Å². The molecule has 2 aromatic rings. The van der Waals surface area contributed by atoms with Crippen molar-refractivity contribution < 1.29 is 9.32 Å². The molecule has 0 unspecified atom stereocenters. The average Bonchev–Trinajstić information content (AvgIpc) is 2.82. The fourth-order valence-corrected chi connectivity index (χ4v) is 1.78. The van der Waals surface area contributed by atoms with Crippen molar-refractivity contribution in [3.63, 3.8) is 0 Å². The number of benzene rings is 1. The van der Waals surface area contributed by atoms with Crippen molar-refractivity contribution in [1.82, 2.24) is 4.98 Å². The predicted molar refractivity (Wildman–Crippen MR) is 77.8 cm³/mol. The van der Waals surface area contributed by atoms with E-state index in [0.29, 0.717) is 23.3 Å². The number of nitrogens with zero attached hydrogens (tertiary/aromatic N) is 2. The van der Waals surface area contributed by atoms with Gasteiger partial charge in [0.25, 0.3) is 0 Å². The van der Waals surface area contributed by atoms with Gasteiger partial charge in [-0.1, -0.05) is 11.6 Å². The fourth-order valence-electron chi connectivity index (χ4n) is 1.66. The Balaban J connectivity index is 2.18. The third-order valence-corrected chi connectivity index (χ3v) is 2.99. The summed E-state index contributed by atoms with van der Waals surface area (Å²) in [5.41, 5.74) is 1.06. The van der Waals surface area contributed by atoms with Crippen molar-refractivity contribution in [2.45, 2.75) is 0 Å². The van der Waals surface area contributed by atoms with Gasteiger partial charge in [-0.2, -0.15) is 10.2 Å². The van der Waals surface area contributed by atoms with Crippen LogP contribution in [0.3, 0.4) is 0 Å². The Labute approximate surface area is 122 Å². The molecule has 0 fully saturated rings. The smallest absolute Gasteiger partial charge is 0.232 e. The van der Waals surface area contributed by atoms with Crippen LogP contribution < -0.4 is 10.2 Å². The number of quaternary nitrogens is 1. The van der Waals surface area contributed by atoms with Crippen LogP contribution >= 0.6 is 11.6 Å². The standard InChI is InChI=1S/C14H15ClN4O/c1-19(2)8-7-17-14-12(9-16)18-13(20-14)10-3-5-11(15)6-4-10/h3-6,17H,7-8H2,1-2H3/p+1. The number of rotatable bonds is 5. The maximum absolute atomic E-state index is 9.09. The molecule has 2 N–H and O–H groups in total. The Morgan fingerprint density at radius 3 is 2.65 bits per heavy atom. The van der Waals surface area contributed by atoms with E-state index in [0.717, 1.165) is 12.1 Å². The molecule has 0 spiro atoms. The van der Waals surface area contributed by atoms with Crippen LogP contribution in [0.1, 0.15) is 5.69 Å². The normalized spacial score (nSPS) is 10.6. The van der Waals surface area contributed by atoms with Gasteiger partial charge in [-0.15, -0.1) is 0 Å². The zero-order valence-electron chi connectivity index (χ0n) is 11.4. The summed E-state index contributed by atoms with van der Waals surface area (Å²) in [5.74, 6) is 0.830. The largest absolute Gasteiger partial charge is 0.419 e. The third-order valence-electron chi connectivity index (χ3n) is 2.73. The highest BCUT2D eigenvalue weighted by Gasteiger charge is 2.14. The van der Waals surface area contributed by atoms with Gasteiger partial charge in [0.1, 0.15) is 6.07 Å². The van der Waals surface area contributed by atoms with Crippen molar-refractivity contribution in [2.24, 2.45) is 0 Å². The number of hydrogen-bond acceptors (Lipinski definition) is 4. The van der Waals surface area contributed by atoms with Gasteiger partial charge in [-0.3, -0.25) is 0 Å². The second-order valence-electron chi connectivity index (χ2n) is 4.70. The number of anilines is 1. The maximum atomic E-state index is 9.09. The average molecular weight is 292 g/mol. The fraction of sp³-hybridized carbons (Fsp3) is 0.286. The van der Waals surface area contributed by atoms with Gasteiger partial charge in [0, 0.05) is 10.6 Å². The number of halogens is 1. The van der Waals surface area contributed by atoms with Gasteiger partial charge in [-0.05, 0) is 24.3 Å². The van der Waals surface area contributed by atoms with Crippen LogP contribution in [0, 0.1) is 11.3 Å². The van der Waals surface area contributed by atoms with Crippen molar-refractivity contribution in [3.8, 4) is 17.5 Å². The number of nitriles is 1. The van der Waals surface area contributed by atoms with E-state index in [2.05, 4.69) is 24.4 Å². The molecule has 0 saturated heterocycles. The Hall–Kier alpha value is -2.03. The van der Waals surface area contributed by atoms with E-state index in [-0.39, 0.29) is 5.69 Å². The van der Waals surface area contributed by atoms with E-state index < -0.39 is 0 Å². The van der Waals surface area contributed by atoms with E-state index >= 15 is 0 Å². The van der Waals surface area contributed by atoms with Crippen molar-refractivity contribution in [2.75, 3.05) is 32.5 Å². The summed E-state index contributed by atoms with van der Waals surface area (Å²) in [4.78, 5) is 5.50. The number of nitrogens with one attached hydrogen (secondary N) is 2. The lowest BCUT2D eigenvalue weighted by Gasteiger charge is -2.07. The Kier molecular flexibility index (Phi) is 4.61. The van der Waals surface area contributed by atoms with Crippen LogP contribution in [0.5, 0.6) is 0 Å². The number of aromatic nitrogens is 1. The molecule has 0 saturated carbocycles. The first-order valence-electron chi connectivity index (χ1n) is 6.30. The molecule has 104 valence electrons. The molecule has 2 rings (SSSR count). The summed E-state index contributed by atoms with van der Waals surface area (Å²) in [5, 5.41) is 12.8. The molecule has 6 heteroatoms. The monoisotopic (exact) mass is 291 g/mol. The molecule has 0 aliphatic carbocycles. The molecule has 1 aromatic carbocycles. The first kappa shape index (κ1) is 14.4. The third kappa shape index (κ3) is 3.50. The van der Waals surface area contributed by atoms with E-state index in [1.54, 1.807) is 12.1 Å². The van der Waals surface area contributed by atoms with Crippen LogP contribution in [0.15, 0.2) is 28.7 Å². The maximum Gasteiger partial charge on any atom is 0.232 e. The zero-order chi connectivity index (χ0) is 14.5. The summed E-state index contributed by atoms with van der Waals surface area (Å²) in [6, 6.07) is 9.17. The van der Waals surface area contributed by atoms with Crippen LogP contribution in [0.4, 0.5) is 5.88 Å². The summed E-state index contributed by atoms with van der Waals surface area (Å²) >= 11 is 5.84. The van der Waals surface area contributed by atoms with Gasteiger partial charge in [-0.25, -0.2) is 0 Å². The SMILES string of the molecule is C[NH+](C)CCNc1oc(-c2ccc(Cl)cc2)nc1C#N. The minimum Gasteiger partial charge on any atom is -0.419 e. The van der Waals surface area contributed by atoms with E-state index in [4.69, 9.17) is 21.3 Å². The number of likely N-dealkylation sites (N-methyl/N-ethyl adjacent to an activating group) is 1. The molecule has 0 aliphatic heterocycles. The Morgan fingerprint density at radius 2 is 2.05 bits per heavy atom. The summed E-state index contributed by atoms with van der Waals surface area (Å²) in [6.07, 6.45) is 0. The highest BCUT2D eigenvalue weighted by atomic mass is 35.5. The zero-order valence-corrected chi connectivity index (χ0v) is 12.2. The van der Waals surface area contributed by atoms with Gasteiger partial charge in [0.2, 0.25) is 17.5 Å². The first-order chi connectivity index (χ1) is 9.60. The molecule has 5 nitrogen and oxygen atoms in total. The lowest BCUT2D eigenvalue weighted by Crippen LogP contribution is -3.06. The topological polar surface area (TPSA) is 66.3 Å². The minimum atomic E-state index is 0.267. The lowest BCUT2D eigenvalue weighted by molar-refractivity contribution is -0.856. The molecule has 20 heavy (non-hydrogen) atoms. The van der Waals surface area contributed by atoms with Gasteiger partial charge < -0.3 is 14.6 Å². The van der Waals surface area contributed by atoms with Crippen LogP contribution in [0.2, 0.25) is 5.02 Å². The highest BCUT2D eigenvalue weighted by molar-refractivity contribution is 6.30. The second-order valence-corrected chi connectivity index (χ2v) is 5.14. The predicted octanol–water partition coefficient (Wildman–Crippen LogP) is 1.42. The molecule has 0 atom stereocenters. The summed E-state index contributed by atoms with van der Waals surface area (Å²) in [7, 11) is 4.12. The molecule has 0 bridgehead atoms. The highest BCUT2D eigenvalue weighted by Crippen LogP contribution is 2.26. The molecule has 1 aromatic heterocycles. The summed E-state index contributed by atoms with van der Waals surface area (Å²) in [6.45, 7) is 1.63. The van der Waals surface area contributed by atoms with E-state index in [9.17, 15) is 0 Å². The molecule has 0 aliphatic rings. The van der Waals surface area contributed by atoms with Crippen LogP contribution in [-0.4, -0.2) is 32.2 Å². The molecule has 0 amide bonds. The second kappa shape index (κ2) is 6.42. The van der Waals surface area contributed by atoms with E-state index in [1.807, 2.05) is 18.2 Å². The summed E-state index contributed by atoms with van der Waals surface area (Å²) < 4.78 is 5.62. The number of oxazole rings is 1. The van der Waals surface area contributed by atoms with E-state index in [1.165, 1.54) is 4.90 Å². The van der Waals surface area contributed by atoms with Gasteiger partial charge in [0.05, 0.1) is 27.2 Å². The Morgan fingerprint density at radius 1 is 1.35 bits per heavy atom. The van der Waals surface area contributed by atoms with Crippen LogP contribution in [-0.2, 0) is 0 Å². The molecule has 0 radical (unpaired) electrons. The first-order valence-corrected chi connectivity index (χ1v) is 6.67. The number of hydrogen-bond donors (Lipinski definition) is 2. The van der Waals surface area contributed by atoms with Crippen molar-refractivity contribution in [1.29, 1.82) is 5.26 Å². The van der Waals surface area contributed by atoms with Crippen molar-refractivity contribution in [3.05, 3.63) is 35.0 Å². The Bertz CT molecular complexity index is 613. The van der Waals surface area contributed by atoms with Gasteiger partial charge >= 0.3 is 0 Å². The minimum absolute atomic E-state index is 0.267. The van der Waals surface area contributed by atoms with Gasteiger partial charge in [0.15, 0.2) is 0 Å². The molecular formula is C14H16ClN4O+. The molecular weight excluding hydrogens is 276 g/mol.